The molecule has 8 aromatic carbocycles. The van der Waals surface area contributed by atoms with Gasteiger partial charge in [0.2, 0.25) is 6.79 Å². The second kappa shape index (κ2) is 16.9. The SMILES string of the molecule is OCc1ccc(/C=C\c2cc3cc(C#Cc4ccccc4)ccc3c3c2OCOc2c(/C=C\c4ccc(CO)cc4)cc4cc(C#Cc5ccccc5)ccc4c2-3)cc1. The van der Waals surface area contributed by atoms with Crippen LogP contribution in [0.2, 0.25) is 0 Å². The van der Waals surface area contributed by atoms with Crippen molar-refractivity contribution in [2.24, 2.45) is 0 Å². The van der Waals surface area contributed by atoms with E-state index in [1.807, 2.05) is 109 Å². The average Bonchev–Trinajstić information content (AvgIpc) is 3.50. The van der Waals surface area contributed by atoms with E-state index >= 15 is 0 Å². The number of hydrogen-bond donors (Lipinski definition) is 2. The molecule has 2 N–H and O–H groups in total. The molecule has 0 bridgehead atoms. The Morgan fingerprint density at radius 3 is 1.24 bits per heavy atom. The van der Waals surface area contributed by atoms with Gasteiger partial charge < -0.3 is 19.7 Å². The van der Waals surface area contributed by atoms with E-state index in [4.69, 9.17) is 9.47 Å². The lowest BCUT2D eigenvalue weighted by atomic mass is 9.87. The lowest BCUT2D eigenvalue weighted by Crippen LogP contribution is -2.05. The van der Waals surface area contributed by atoms with Crippen molar-refractivity contribution in [2.45, 2.75) is 13.2 Å². The Bertz CT molecular complexity index is 2800. The molecule has 0 aromatic heterocycles. The molecule has 0 unspecified atom stereocenters. The fourth-order valence-corrected chi connectivity index (χ4v) is 7.35. The van der Waals surface area contributed by atoms with Gasteiger partial charge in [0.05, 0.1) is 13.2 Å². The van der Waals surface area contributed by atoms with Crippen LogP contribution in [0, 0.1) is 23.7 Å². The first-order valence-electron chi connectivity index (χ1n) is 19.5. The Labute approximate surface area is 344 Å². The fourth-order valence-electron chi connectivity index (χ4n) is 7.35. The standard InChI is InChI=1S/C55H38O4/c56-35-44-19-13-40(14-20-44)23-27-46-33-48-31-42(17-11-38-7-3-1-4-8-38)25-29-50(48)52-53-51-30-26-43(18-12-39-9-5-2-6-10-39)32-49(51)34-47(55(53)59-37-58-54(46)52)28-24-41-15-21-45(36-57)22-16-41/h1-10,13-16,19-34,56-57H,35-37H2/b27-23-,28-24-. The molecule has 1 aliphatic rings. The largest absolute Gasteiger partial charge is 0.456 e. The van der Waals surface area contributed by atoms with Crippen LogP contribution >= 0.6 is 0 Å². The first kappa shape index (κ1) is 37.0. The second-order valence-electron chi connectivity index (χ2n) is 14.3. The van der Waals surface area contributed by atoms with E-state index < -0.39 is 0 Å². The van der Waals surface area contributed by atoms with Crippen molar-refractivity contribution in [2.75, 3.05) is 6.79 Å². The summed E-state index contributed by atoms with van der Waals surface area (Å²) in [7, 11) is 0. The summed E-state index contributed by atoms with van der Waals surface area (Å²) in [6.45, 7) is -0.00333. The molecule has 0 atom stereocenters. The fraction of sp³-hybridized carbons (Fsp3) is 0.0545. The van der Waals surface area contributed by atoms with Crippen LogP contribution in [0.3, 0.4) is 0 Å². The van der Waals surface area contributed by atoms with Gasteiger partial charge in [-0.05, 0) is 104 Å². The lowest BCUT2D eigenvalue weighted by Gasteiger charge is -2.18. The number of hydrogen-bond acceptors (Lipinski definition) is 4. The molecule has 9 rings (SSSR count). The number of aliphatic hydroxyl groups is 2. The highest BCUT2D eigenvalue weighted by Gasteiger charge is 2.26. The predicted octanol–water partition coefficient (Wildman–Crippen LogP) is 11.5. The number of fused-ring (bicyclic) bond motifs is 7. The van der Waals surface area contributed by atoms with Crippen molar-refractivity contribution in [3.05, 3.63) is 213 Å². The van der Waals surface area contributed by atoms with Gasteiger partial charge in [-0.25, -0.2) is 0 Å². The van der Waals surface area contributed by atoms with E-state index in [9.17, 15) is 10.2 Å². The summed E-state index contributed by atoms with van der Waals surface area (Å²) in [5, 5.41) is 23.3. The lowest BCUT2D eigenvalue weighted by molar-refractivity contribution is 0.124. The predicted molar refractivity (Wildman–Crippen MR) is 240 cm³/mol. The van der Waals surface area contributed by atoms with Gasteiger partial charge in [-0.15, -0.1) is 0 Å². The van der Waals surface area contributed by atoms with Crippen LogP contribution in [-0.4, -0.2) is 17.0 Å². The summed E-state index contributed by atoms with van der Waals surface area (Å²) < 4.78 is 13.3. The van der Waals surface area contributed by atoms with Crippen LogP contribution in [0.4, 0.5) is 0 Å². The maximum Gasteiger partial charge on any atom is 0.231 e. The molecule has 282 valence electrons. The summed E-state index contributed by atoms with van der Waals surface area (Å²) >= 11 is 0. The quantitative estimate of drug-likeness (QED) is 0.131. The summed E-state index contributed by atoms with van der Waals surface area (Å²) in [6.07, 6.45) is 8.29. The van der Waals surface area contributed by atoms with Gasteiger partial charge in [0, 0.05) is 44.5 Å². The van der Waals surface area contributed by atoms with E-state index in [1.165, 1.54) is 0 Å². The zero-order chi connectivity index (χ0) is 40.0. The van der Waals surface area contributed by atoms with Gasteiger partial charge in [-0.1, -0.05) is 145 Å². The van der Waals surface area contributed by atoms with Gasteiger partial charge in [0.15, 0.2) is 0 Å². The number of ether oxygens (including phenoxy) is 2. The Hall–Kier alpha value is -7.60. The second-order valence-corrected chi connectivity index (χ2v) is 14.3. The maximum atomic E-state index is 9.62. The Balaban J connectivity index is 1.27. The summed E-state index contributed by atoms with van der Waals surface area (Å²) in [6, 6.07) is 52.7. The van der Waals surface area contributed by atoms with Crippen LogP contribution < -0.4 is 9.47 Å². The molecular formula is C55H38O4. The monoisotopic (exact) mass is 762 g/mol. The minimum absolute atomic E-state index is 0.00680. The highest BCUT2D eigenvalue weighted by molar-refractivity contribution is 6.13. The Kier molecular flexibility index (Phi) is 10.6. The smallest absolute Gasteiger partial charge is 0.231 e. The third-order valence-electron chi connectivity index (χ3n) is 10.4. The van der Waals surface area contributed by atoms with Crippen LogP contribution in [0.25, 0.3) is 57.0 Å². The van der Waals surface area contributed by atoms with Gasteiger partial charge in [0.25, 0.3) is 0 Å². The van der Waals surface area contributed by atoms with Gasteiger partial charge >= 0.3 is 0 Å². The zero-order valence-electron chi connectivity index (χ0n) is 32.2. The Morgan fingerprint density at radius 2 is 0.831 bits per heavy atom. The van der Waals surface area contributed by atoms with Crippen LogP contribution in [-0.2, 0) is 13.2 Å². The number of rotatable bonds is 6. The average molecular weight is 763 g/mol. The molecule has 0 aliphatic carbocycles. The summed E-state index contributed by atoms with van der Waals surface area (Å²) in [5.74, 6) is 14.8. The molecule has 0 saturated heterocycles. The molecule has 8 aromatic rings. The van der Waals surface area contributed by atoms with Gasteiger partial charge in [0.1, 0.15) is 11.5 Å². The molecular weight excluding hydrogens is 725 g/mol. The van der Waals surface area contributed by atoms with Crippen molar-refractivity contribution in [1.29, 1.82) is 0 Å². The maximum absolute atomic E-state index is 9.62. The van der Waals surface area contributed by atoms with Crippen molar-refractivity contribution in [3.63, 3.8) is 0 Å². The molecule has 0 amide bonds. The van der Waals surface area contributed by atoms with Crippen molar-refractivity contribution in [1.82, 2.24) is 0 Å². The molecule has 0 spiro atoms. The third-order valence-corrected chi connectivity index (χ3v) is 10.4. The third kappa shape index (κ3) is 8.14. The van der Waals surface area contributed by atoms with E-state index in [2.05, 4.69) is 96.5 Å². The van der Waals surface area contributed by atoms with Crippen molar-refractivity contribution >= 4 is 45.8 Å². The minimum Gasteiger partial charge on any atom is -0.456 e. The molecule has 0 radical (unpaired) electrons. The Morgan fingerprint density at radius 1 is 0.424 bits per heavy atom. The highest BCUT2D eigenvalue weighted by Crippen LogP contribution is 2.51. The van der Waals surface area contributed by atoms with Crippen LogP contribution in [0.15, 0.2) is 158 Å². The topological polar surface area (TPSA) is 58.9 Å². The first-order valence-corrected chi connectivity index (χ1v) is 19.5. The number of aliphatic hydroxyl groups excluding tert-OH is 2. The highest BCUT2D eigenvalue weighted by atomic mass is 16.7. The van der Waals surface area contributed by atoms with E-state index in [-0.39, 0.29) is 20.0 Å². The van der Waals surface area contributed by atoms with E-state index in [0.29, 0.717) is 0 Å². The van der Waals surface area contributed by atoms with Crippen LogP contribution in [0.1, 0.15) is 55.6 Å². The van der Waals surface area contributed by atoms with E-state index in [0.717, 1.165) is 99.8 Å². The molecule has 4 heteroatoms. The summed E-state index contributed by atoms with van der Waals surface area (Å²) in [4.78, 5) is 0. The van der Waals surface area contributed by atoms with Crippen molar-refractivity contribution < 1.29 is 19.7 Å². The minimum atomic E-state index is -0.00680. The molecule has 4 nitrogen and oxygen atoms in total. The van der Waals surface area contributed by atoms with Gasteiger partial charge in [-0.3, -0.25) is 0 Å². The molecule has 1 heterocycles. The first-order chi connectivity index (χ1) is 29.1. The van der Waals surface area contributed by atoms with Crippen molar-refractivity contribution in [3.8, 4) is 46.3 Å². The molecule has 0 saturated carbocycles. The molecule has 0 fully saturated rings. The number of benzene rings is 8. The molecule has 59 heavy (non-hydrogen) atoms. The van der Waals surface area contributed by atoms with E-state index in [1.54, 1.807) is 0 Å². The molecule has 1 aliphatic heterocycles. The van der Waals surface area contributed by atoms with Gasteiger partial charge in [-0.2, -0.15) is 0 Å². The normalized spacial score (nSPS) is 11.8. The summed E-state index contributed by atoms with van der Waals surface area (Å²) in [5.41, 5.74) is 11.1. The zero-order valence-corrected chi connectivity index (χ0v) is 32.2. The van der Waals surface area contributed by atoms with Crippen LogP contribution in [0.5, 0.6) is 11.5 Å².